The second-order valence-electron chi connectivity index (χ2n) is 4.63. The summed E-state index contributed by atoms with van der Waals surface area (Å²) in [4.78, 5) is 10.8. The van der Waals surface area contributed by atoms with Crippen LogP contribution in [0.3, 0.4) is 0 Å². The van der Waals surface area contributed by atoms with Crippen LogP contribution in [0.25, 0.3) is 0 Å². The van der Waals surface area contributed by atoms with Gasteiger partial charge < -0.3 is 15.9 Å². The van der Waals surface area contributed by atoms with Crippen LogP contribution in [0.1, 0.15) is 18.3 Å². The molecule has 0 atom stereocenters. The number of methoxy groups -OCH3 is 1. The van der Waals surface area contributed by atoms with Crippen LogP contribution in [-0.2, 0) is 11.2 Å². The number of hydrogen-bond donors (Lipinski definition) is 2. The number of hydrogen-bond acceptors (Lipinski definition) is 6. The number of benzene rings is 1. The SMILES string of the molecule is COc1ccc(Cc2nnc(SCCNC(C)=O)n2N)cc1. The third-order valence-electron chi connectivity index (χ3n) is 2.96. The molecule has 22 heavy (non-hydrogen) atoms. The number of amides is 1. The number of thioether (sulfide) groups is 1. The lowest BCUT2D eigenvalue weighted by Crippen LogP contribution is -2.22. The zero-order valence-corrected chi connectivity index (χ0v) is 13.4. The Kier molecular flexibility index (Phi) is 5.65. The van der Waals surface area contributed by atoms with Gasteiger partial charge >= 0.3 is 0 Å². The second-order valence-corrected chi connectivity index (χ2v) is 5.69. The molecule has 0 saturated carbocycles. The number of rotatable bonds is 7. The van der Waals surface area contributed by atoms with Gasteiger partial charge in [-0.1, -0.05) is 23.9 Å². The molecule has 0 spiro atoms. The monoisotopic (exact) mass is 321 g/mol. The number of carbonyl (C=O) groups excluding carboxylic acids is 1. The molecule has 0 fully saturated rings. The van der Waals surface area contributed by atoms with Gasteiger partial charge in [-0.15, -0.1) is 10.2 Å². The lowest BCUT2D eigenvalue weighted by Gasteiger charge is -2.05. The first kappa shape index (κ1) is 16.2. The minimum Gasteiger partial charge on any atom is -0.497 e. The molecule has 0 saturated heterocycles. The molecule has 2 aromatic rings. The van der Waals surface area contributed by atoms with Crippen LogP contribution in [-0.4, -0.2) is 40.2 Å². The molecule has 8 heteroatoms. The summed E-state index contributed by atoms with van der Waals surface area (Å²) in [7, 11) is 1.63. The molecule has 1 heterocycles. The van der Waals surface area contributed by atoms with Crippen LogP contribution in [0.4, 0.5) is 0 Å². The van der Waals surface area contributed by atoms with Crippen molar-refractivity contribution in [2.24, 2.45) is 0 Å². The van der Waals surface area contributed by atoms with Gasteiger partial charge in [-0.3, -0.25) is 4.79 Å². The number of aromatic nitrogens is 3. The molecule has 7 nitrogen and oxygen atoms in total. The van der Waals surface area contributed by atoms with Crippen molar-refractivity contribution < 1.29 is 9.53 Å². The smallest absolute Gasteiger partial charge is 0.216 e. The first-order valence-electron chi connectivity index (χ1n) is 6.79. The van der Waals surface area contributed by atoms with Crippen molar-refractivity contribution in [3.05, 3.63) is 35.7 Å². The second kappa shape index (κ2) is 7.69. The Morgan fingerprint density at radius 1 is 1.36 bits per heavy atom. The maximum absolute atomic E-state index is 10.8. The molecule has 1 amide bonds. The molecule has 0 aliphatic heterocycles. The van der Waals surface area contributed by atoms with Crippen molar-refractivity contribution in [3.8, 4) is 5.75 Å². The molecule has 1 aromatic heterocycles. The first-order chi connectivity index (χ1) is 10.6. The third-order valence-corrected chi connectivity index (χ3v) is 3.91. The third kappa shape index (κ3) is 4.39. The highest BCUT2D eigenvalue weighted by atomic mass is 32.2. The van der Waals surface area contributed by atoms with Crippen molar-refractivity contribution >= 4 is 17.7 Å². The van der Waals surface area contributed by atoms with E-state index in [1.165, 1.54) is 23.4 Å². The summed E-state index contributed by atoms with van der Waals surface area (Å²) in [5.74, 6) is 8.15. The Balaban J connectivity index is 1.93. The normalized spacial score (nSPS) is 10.5. The van der Waals surface area contributed by atoms with Gasteiger partial charge in [0.1, 0.15) is 5.75 Å². The van der Waals surface area contributed by atoms with Crippen LogP contribution >= 0.6 is 11.8 Å². The van der Waals surface area contributed by atoms with Gasteiger partial charge in [-0.05, 0) is 17.7 Å². The number of nitrogens with one attached hydrogen (secondary N) is 1. The zero-order chi connectivity index (χ0) is 15.9. The molecule has 2 rings (SSSR count). The average molecular weight is 321 g/mol. The average Bonchev–Trinajstić information content (AvgIpc) is 2.85. The summed E-state index contributed by atoms with van der Waals surface area (Å²) < 4.78 is 6.62. The van der Waals surface area contributed by atoms with Crippen molar-refractivity contribution in [1.29, 1.82) is 0 Å². The maximum atomic E-state index is 10.8. The van der Waals surface area contributed by atoms with Gasteiger partial charge in [0.05, 0.1) is 7.11 Å². The van der Waals surface area contributed by atoms with Gasteiger partial charge in [0.25, 0.3) is 0 Å². The molecule has 0 aliphatic carbocycles. The number of nitrogen functional groups attached to an aromatic ring is 1. The summed E-state index contributed by atoms with van der Waals surface area (Å²) in [6.45, 7) is 2.06. The molecular weight excluding hydrogens is 302 g/mol. The minimum absolute atomic E-state index is 0.0463. The van der Waals surface area contributed by atoms with Crippen LogP contribution in [0.5, 0.6) is 5.75 Å². The van der Waals surface area contributed by atoms with Gasteiger partial charge in [0.15, 0.2) is 5.82 Å². The van der Waals surface area contributed by atoms with E-state index in [-0.39, 0.29) is 5.91 Å². The fraction of sp³-hybridized carbons (Fsp3) is 0.357. The van der Waals surface area contributed by atoms with Crippen LogP contribution < -0.4 is 15.9 Å². The van der Waals surface area contributed by atoms with E-state index in [1.807, 2.05) is 24.3 Å². The zero-order valence-electron chi connectivity index (χ0n) is 12.6. The van der Waals surface area contributed by atoms with Crippen molar-refractivity contribution in [2.75, 3.05) is 25.3 Å². The highest BCUT2D eigenvalue weighted by Gasteiger charge is 2.10. The summed E-state index contributed by atoms with van der Waals surface area (Å²) in [5.41, 5.74) is 1.08. The lowest BCUT2D eigenvalue weighted by atomic mass is 10.1. The van der Waals surface area contributed by atoms with Crippen molar-refractivity contribution in [1.82, 2.24) is 20.2 Å². The minimum atomic E-state index is -0.0463. The van der Waals surface area contributed by atoms with E-state index in [1.54, 1.807) is 7.11 Å². The number of nitrogens with two attached hydrogens (primary N) is 1. The summed E-state index contributed by atoms with van der Waals surface area (Å²) >= 11 is 1.46. The summed E-state index contributed by atoms with van der Waals surface area (Å²) in [6.07, 6.45) is 0.597. The van der Waals surface area contributed by atoms with Crippen molar-refractivity contribution in [3.63, 3.8) is 0 Å². The molecule has 0 radical (unpaired) electrons. The molecule has 0 bridgehead atoms. The Hall–Kier alpha value is -2.22. The largest absolute Gasteiger partial charge is 0.497 e. The van der Waals surface area contributed by atoms with Crippen molar-refractivity contribution in [2.45, 2.75) is 18.5 Å². The standard InChI is InChI=1S/C14H19N5O2S/c1-10(20)16-7-8-22-14-18-17-13(19(14)15)9-11-3-5-12(21-2)6-4-11/h3-6H,7-9,15H2,1-2H3,(H,16,20). The maximum Gasteiger partial charge on any atom is 0.216 e. The predicted octanol–water partition coefficient (Wildman–Crippen LogP) is 0.819. The highest BCUT2D eigenvalue weighted by Crippen LogP contribution is 2.17. The number of carbonyl (C=O) groups is 1. The summed E-state index contributed by atoms with van der Waals surface area (Å²) in [6, 6.07) is 7.74. The summed E-state index contributed by atoms with van der Waals surface area (Å²) in [5, 5.41) is 11.5. The highest BCUT2D eigenvalue weighted by molar-refractivity contribution is 7.99. The molecule has 0 unspecified atom stereocenters. The quantitative estimate of drug-likeness (QED) is 0.445. The predicted molar refractivity (Wildman–Crippen MR) is 85.4 cm³/mol. The molecule has 1 aromatic carbocycles. The van der Waals surface area contributed by atoms with E-state index in [2.05, 4.69) is 15.5 Å². The number of ether oxygens (including phenoxy) is 1. The Labute approximate surface area is 133 Å². The van der Waals surface area contributed by atoms with Gasteiger partial charge in [-0.25, -0.2) is 4.68 Å². The molecule has 0 aliphatic rings. The topological polar surface area (TPSA) is 95.1 Å². The Morgan fingerprint density at radius 3 is 2.73 bits per heavy atom. The van der Waals surface area contributed by atoms with E-state index in [4.69, 9.17) is 10.6 Å². The van der Waals surface area contributed by atoms with E-state index in [0.717, 1.165) is 11.3 Å². The Morgan fingerprint density at radius 2 is 2.09 bits per heavy atom. The van der Waals surface area contributed by atoms with Crippen LogP contribution in [0.15, 0.2) is 29.4 Å². The molecule has 3 N–H and O–H groups in total. The number of nitrogens with zero attached hydrogens (tertiary/aromatic N) is 3. The molecular formula is C14H19N5O2S. The first-order valence-corrected chi connectivity index (χ1v) is 7.78. The van der Waals surface area contributed by atoms with E-state index in [9.17, 15) is 4.79 Å². The Bertz CT molecular complexity index is 627. The van der Waals surface area contributed by atoms with E-state index in [0.29, 0.717) is 29.7 Å². The van der Waals surface area contributed by atoms with E-state index < -0.39 is 0 Å². The van der Waals surface area contributed by atoms with Crippen LogP contribution in [0.2, 0.25) is 0 Å². The van der Waals surface area contributed by atoms with Gasteiger partial charge in [0, 0.05) is 25.6 Å². The molecule has 118 valence electrons. The fourth-order valence-electron chi connectivity index (χ4n) is 1.82. The van der Waals surface area contributed by atoms with E-state index >= 15 is 0 Å². The fourth-order valence-corrected chi connectivity index (χ4v) is 2.55. The van der Waals surface area contributed by atoms with Crippen LogP contribution in [0, 0.1) is 0 Å². The van der Waals surface area contributed by atoms with Gasteiger partial charge in [0.2, 0.25) is 11.1 Å². The lowest BCUT2D eigenvalue weighted by molar-refractivity contribution is -0.118. The van der Waals surface area contributed by atoms with Gasteiger partial charge in [-0.2, -0.15) is 0 Å².